The summed E-state index contributed by atoms with van der Waals surface area (Å²) in [6, 6.07) is 4.00. The Morgan fingerprint density at radius 3 is 2.62 bits per heavy atom. The average Bonchev–Trinajstić information content (AvgIpc) is 2.57. The van der Waals surface area contributed by atoms with Crippen molar-refractivity contribution in [1.29, 1.82) is 0 Å². The molecule has 6 heteroatoms. The van der Waals surface area contributed by atoms with Crippen LogP contribution in [0, 0.1) is 0 Å². The van der Waals surface area contributed by atoms with Crippen molar-refractivity contribution in [1.82, 2.24) is 0 Å². The summed E-state index contributed by atoms with van der Waals surface area (Å²) in [5, 5.41) is 11.7. The number of benzene rings is 1. The number of ether oxygens (including phenoxy) is 1. The van der Waals surface area contributed by atoms with Crippen molar-refractivity contribution in [2.75, 3.05) is 0 Å². The van der Waals surface area contributed by atoms with Gasteiger partial charge in [0.05, 0.1) is 5.71 Å². The lowest BCUT2D eigenvalue weighted by Gasteiger charge is -2.09. The molecular formula is C10H8F3NO2. The van der Waals surface area contributed by atoms with E-state index in [0.29, 0.717) is 29.7 Å². The van der Waals surface area contributed by atoms with Gasteiger partial charge in [0.25, 0.3) is 0 Å². The minimum Gasteiger partial charge on any atom is -0.411 e. The smallest absolute Gasteiger partial charge is 0.411 e. The van der Waals surface area contributed by atoms with Crippen molar-refractivity contribution in [2.45, 2.75) is 19.2 Å². The number of oxime groups is 1. The molecule has 1 aromatic carbocycles. The number of alkyl halides is 3. The highest BCUT2D eigenvalue weighted by Crippen LogP contribution is 2.29. The molecule has 0 radical (unpaired) electrons. The number of rotatable bonds is 1. The van der Waals surface area contributed by atoms with Crippen LogP contribution in [0.4, 0.5) is 13.2 Å². The predicted molar refractivity (Wildman–Crippen MR) is 49.8 cm³/mol. The topological polar surface area (TPSA) is 41.8 Å². The monoisotopic (exact) mass is 231 g/mol. The summed E-state index contributed by atoms with van der Waals surface area (Å²) in [5.74, 6) is -0.245. The van der Waals surface area contributed by atoms with Gasteiger partial charge in [-0.1, -0.05) is 5.16 Å². The molecule has 0 bridgehead atoms. The van der Waals surface area contributed by atoms with Crippen molar-refractivity contribution in [3.05, 3.63) is 29.3 Å². The molecular weight excluding hydrogens is 223 g/mol. The van der Waals surface area contributed by atoms with Crippen LogP contribution in [0.5, 0.6) is 5.75 Å². The normalized spacial score (nSPS) is 17.6. The fourth-order valence-corrected chi connectivity index (χ4v) is 1.75. The molecule has 0 atom stereocenters. The van der Waals surface area contributed by atoms with Crippen molar-refractivity contribution < 1.29 is 23.1 Å². The highest BCUT2D eigenvalue weighted by molar-refractivity contribution is 6.04. The fourth-order valence-electron chi connectivity index (χ4n) is 1.75. The van der Waals surface area contributed by atoms with E-state index >= 15 is 0 Å². The second-order valence-corrected chi connectivity index (χ2v) is 3.41. The van der Waals surface area contributed by atoms with Gasteiger partial charge in [0.1, 0.15) is 5.75 Å². The van der Waals surface area contributed by atoms with Gasteiger partial charge in [0.15, 0.2) is 0 Å². The first-order chi connectivity index (χ1) is 7.49. The Morgan fingerprint density at radius 1 is 1.25 bits per heavy atom. The largest absolute Gasteiger partial charge is 0.573 e. The molecule has 86 valence electrons. The molecule has 0 amide bonds. The molecule has 3 nitrogen and oxygen atoms in total. The van der Waals surface area contributed by atoms with Gasteiger partial charge < -0.3 is 9.94 Å². The van der Waals surface area contributed by atoms with E-state index < -0.39 is 6.36 Å². The Morgan fingerprint density at radius 2 is 2.00 bits per heavy atom. The van der Waals surface area contributed by atoms with Gasteiger partial charge in [-0.3, -0.25) is 0 Å². The van der Waals surface area contributed by atoms with Crippen LogP contribution in [0.1, 0.15) is 17.5 Å². The minimum atomic E-state index is -4.68. The molecule has 1 aliphatic rings. The molecule has 0 saturated carbocycles. The molecule has 0 aliphatic heterocycles. The summed E-state index contributed by atoms with van der Waals surface area (Å²) in [6.07, 6.45) is -3.59. The van der Waals surface area contributed by atoms with Gasteiger partial charge >= 0.3 is 6.36 Å². The summed E-state index contributed by atoms with van der Waals surface area (Å²) < 4.78 is 39.6. The quantitative estimate of drug-likeness (QED) is 0.596. The highest BCUT2D eigenvalue weighted by atomic mass is 19.4. The first-order valence-electron chi connectivity index (χ1n) is 4.59. The van der Waals surface area contributed by atoms with E-state index in [-0.39, 0.29) is 5.75 Å². The minimum absolute atomic E-state index is 0.245. The number of nitrogens with zero attached hydrogens (tertiary/aromatic N) is 1. The zero-order valence-corrected chi connectivity index (χ0v) is 8.08. The van der Waals surface area contributed by atoms with Crippen molar-refractivity contribution in [2.24, 2.45) is 5.16 Å². The van der Waals surface area contributed by atoms with Crippen molar-refractivity contribution >= 4 is 5.71 Å². The van der Waals surface area contributed by atoms with E-state index in [2.05, 4.69) is 9.89 Å². The summed E-state index contributed by atoms with van der Waals surface area (Å²) in [5.41, 5.74) is 1.88. The van der Waals surface area contributed by atoms with Crippen LogP contribution in [0.3, 0.4) is 0 Å². The number of aryl methyl sites for hydroxylation is 1. The van der Waals surface area contributed by atoms with E-state index in [0.717, 1.165) is 0 Å². The lowest BCUT2D eigenvalue weighted by molar-refractivity contribution is -0.274. The Labute approximate surface area is 89.1 Å². The van der Waals surface area contributed by atoms with Crippen LogP contribution in [-0.2, 0) is 6.42 Å². The van der Waals surface area contributed by atoms with Gasteiger partial charge in [-0.15, -0.1) is 13.2 Å². The van der Waals surface area contributed by atoms with Gasteiger partial charge in [0.2, 0.25) is 0 Å². The molecule has 2 rings (SSSR count). The van der Waals surface area contributed by atoms with Crippen LogP contribution < -0.4 is 4.74 Å². The van der Waals surface area contributed by atoms with Crippen molar-refractivity contribution in [3.8, 4) is 5.75 Å². The molecule has 0 fully saturated rings. The zero-order valence-electron chi connectivity index (χ0n) is 8.08. The van der Waals surface area contributed by atoms with Gasteiger partial charge in [-0.2, -0.15) is 0 Å². The number of halogens is 3. The highest BCUT2D eigenvalue weighted by Gasteiger charge is 2.31. The Kier molecular flexibility index (Phi) is 2.49. The number of fused-ring (bicyclic) bond motifs is 1. The first-order valence-corrected chi connectivity index (χ1v) is 4.59. The molecule has 0 aromatic heterocycles. The van der Waals surface area contributed by atoms with Crippen LogP contribution in [0.15, 0.2) is 23.4 Å². The third-order valence-corrected chi connectivity index (χ3v) is 2.37. The maximum atomic E-state index is 12.0. The molecule has 0 spiro atoms. The van der Waals surface area contributed by atoms with Crippen molar-refractivity contribution in [3.63, 3.8) is 0 Å². The predicted octanol–water partition coefficient (Wildman–Crippen LogP) is 2.71. The zero-order chi connectivity index (χ0) is 11.8. The standard InChI is InChI=1S/C10H8F3NO2/c11-10(12,13)16-7-2-3-8-6(5-7)1-4-9(8)14-15/h2-3,5,15H,1,4H2/b14-9+. The molecule has 1 aromatic rings. The number of hydrogen-bond acceptors (Lipinski definition) is 3. The van der Waals surface area contributed by atoms with Crippen LogP contribution >= 0.6 is 0 Å². The third kappa shape index (κ3) is 2.10. The number of hydrogen-bond donors (Lipinski definition) is 1. The lowest BCUT2D eigenvalue weighted by atomic mass is 10.1. The van der Waals surface area contributed by atoms with Gasteiger partial charge in [-0.25, -0.2) is 0 Å². The van der Waals surface area contributed by atoms with Crippen LogP contribution in [0.25, 0.3) is 0 Å². The fraction of sp³-hybridized carbons (Fsp3) is 0.300. The van der Waals surface area contributed by atoms with Crippen LogP contribution in [0.2, 0.25) is 0 Å². The van der Waals surface area contributed by atoms with E-state index in [1.54, 1.807) is 0 Å². The molecule has 0 saturated heterocycles. The molecule has 1 aliphatic carbocycles. The Balaban J connectivity index is 2.29. The lowest BCUT2D eigenvalue weighted by Crippen LogP contribution is -2.17. The maximum absolute atomic E-state index is 12.0. The van der Waals surface area contributed by atoms with Gasteiger partial charge in [-0.05, 0) is 36.6 Å². The van der Waals surface area contributed by atoms with E-state index in [1.807, 2.05) is 0 Å². The van der Waals surface area contributed by atoms with E-state index in [4.69, 9.17) is 5.21 Å². The molecule has 0 unspecified atom stereocenters. The summed E-state index contributed by atoms with van der Waals surface area (Å²) in [7, 11) is 0. The summed E-state index contributed by atoms with van der Waals surface area (Å²) in [4.78, 5) is 0. The van der Waals surface area contributed by atoms with E-state index in [1.165, 1.54) is 18.2 Å². The second-order valence-electron chi connectivity index (χ2n) is 3.41. The third-order valence-electron chi connectivity index (χ3n) is 2.37. The van der Waals surface area contributed by atoms with Gasteiger partial charge in [0, 0.05) is 5.56 Å². The molecule has 1 N–H and O–H groups in total. The Hall–Kier alpha value is -1.72. The summed E-state index contributed by atoms with van der Waals surface area (Å²) in [6.45, 7) is 0. The maximum Gasteiger partial charge on any atom is 0.573 e. The Bertz CT molecular complexity index is 440. The molecule has 0 heterocycles. The summed E-state index contributed by atoms with van der Waals surface area (Å²) >= 11 is 0. The molecule has 16 heavy (non-hydrogen) atoms. The second kappa shape index (κ2) is 3.70. The van der Waals surface area contributed by atoms with E-state index in [9.17, 15) is 13.2 Å². The first kappa shape index (κ1) is 10.8. The average molecular weight is 231 g/mol. The SMILES string of the molecule is O/N=C1\CCc2cc(OC(F)(F)F)ccc21. The van der Waals surface area contributed by atoms with Crippen LogP contribution in [-0.4, -0.2) is 17.3 Å².